The third-order valence-corrected chi connectivity index (χ3v) is 4.73. The van der Waals surface area contributed by atoms with Gasteiger partial charge in [-0.3, -0.25) is 4.79 Å². The average molecular weight is 345 g/mol. The van der Waals surface area contributed by atoms with E-state index in [1.165, 1.54) is 23.1 Å². The maximum Gasteiger partial charge on any atom is 0.416 e. The van der Waals surface area contributed by atoms with Crippen LogP contribution in [0.15, 0.2) is 24.3 Å². The van der Waals surface area contributed by atoms with Gasteiger partial charge in [-0.15, -0.1) is 0 Å². The Bertz CT molecular complexity index is 615. The van der Waals surface area contributed by atoms with Gasteiger partial charge in [0.1, 0.15) is 6.10 Å². The number of likely N-dealkylation sites (tertiary alicyclic amines) is 1. The number of carbonyl (C=O) groups excluding carboxylic acids is 1. The fourth-order valence-electron chi connectivity index (χ4n) is 3.24. The van der Waals surface area contributed by atoms with Gasteiger partial charge < -0.3 is 15.1 Å². The third kappa shape index (κ3) is 3.42. The Morgan fingerprint density at radius 2 is 1.92 bits per heavy atom. The number of nitrogens with zero attached hydrogens (tertiary/aromatic N) is 1. The Morgan fingerprint density at radius 3 is 2.42 bits per heavy atom. The van der Waals surface area contributed by atoms with E-state index in [9.17, 15) is 28.2 Å². The van der Waals surface area contributed by atoms with E-state index in [4.69, 9.17) is 0 Å². The van der Waals surface area contributed by atoms with Crippen LogP contribution in [-0.2, 0) is 11.0 Å². The quantitative estimate of drug-likeness (QED) is 0.885. The highest BCUT2D eigenvalue weighted by molar-refractivity contribution is 5.78. The van der Waals surface area contributed by atoms with Crippen molar-refractivity contribution in [3.63, 3.8) is 0 Å². The van der Waals surface area contributed by atoms with Crippen molar-refractivity contribution in [1.29, 1.82) is 0 Å². The molecule has 7 heteroatoms. The number of rotatable bonds is 3. The lowest BCUT2D eigenvalue weighted by Gasteiger charge is -2.34. The number of hydrogen-bond donors (Lipinski definition) is 2. The van der Waals surface area contributed by atoms with Crippen molar-refractivity contribution in [3.8, 4) is 0 Å². The molecule has 24 heavy (non-hydrogen) atoms. The predicted molar refractivity (Wildman–Crippen MR) is 82.3 cm³/mol. The van der Waals surface area contributed by atoms with Crippen LogP contribution in [0.25, 0.3) is 0 Å². The molecule has 4 nitrogen and oxygen atoms in total. The Balaban J connectivity index is 2.19. The van der Waals surface area contributed by atoms with Gasteiger partial charge in [-0.2, -0.15) is 13.2 Å². The molecule has 0 aliphatic carbocycles. The molecular formula is C17H22F3NO3. The first kappa shape index (κ1) is 18.7. The number of amides is 1. The number of carbonyl (C=O) groups is 1. The van der Waals surface area contributed by atoms with E-state index in [0.717, 1.165) is 6.07 Å². The Morgan fingerprint density at radius 1 is 1.33 bits per heavy atom. The van der Waals surface area contributed by atoms with Crippen molar-refractivity contribution in [2.75, 3.05) is 6.54 Å². The number of hydrogen-bond acceptors (Lipinski definition) is 3. The molecule has 1 amide bonds. The Labute approximate surface area is 138 Å². The summed E-state index contributed by atoms with van der Waals surface area (Å²) in [6, 6.07) is 5.21. The highest BCUT2D eigenvalue weighted by atomic mass is 19.4. The molecule has 1 aliphatic rings. The second-order valence-corrected chi connectivity index (χ2v) is 6.86. The zero-order chi connectivity index (χ0) is 18.3. The van der Waals surface area contributed by atoms with Crippen molar-refractivity contribution < 1.29 is 28.2 Å². The highest BCUT2D eigenvalue weighted by Gasteiger charge is 2.48. The molecule has 1 saturated heterocycles. The Kier molecular flexibility index (Phi) is 4.97. The van der Waals surface area contributed by atoms with Crippen molar-refractivity contribution in [2.45, 2.75) is 57.0 Å². The van der Waals surface area contributed by atoms with E-state index in [0.29, 0.717) is 0 Å². The van der Waals surface area contributed by atoms with Crippen molar-refractivity contribution in [3.05, 3.63) is 35.4 Å². The lowest BCUT2D eigenvalue weighted by Crippen LogP contribution is -2.48. The van der Waals surface area contributed by atoms with Crippen LogP contribution in [-0.4, -0.2) is 45.3 Å². The summed E-state index contributed by atoms with van der Waals surface area (Å²) < 4.78 is 39.3. The lowest BCUT2D eigenvalue weighted by molar-refractivity contribution is -0.140. The van der Waals surface area contributed by atoms with E-state index in [1.54, 1.807) is 20.8 Å². The van der Waals surface area contributed by atoms with Crippen LogP contribution in [0, 0.1) is 0 Å². The molecule has 0 aromatic heterocycles. The molecule has 1 aromatic rings. The van der Waals surface area contributed by atoms with E-state index in [2.05, 4.69) is 0 Å². The van der Waals surface area contributed by atoms with Gasteiger partial charge >= 0.3 is 6.18 Å². The fraction of sp³-hybridized carbons (Fsp3) is 0.588. The summed E-state index contributed by atoms with van der Waals surface area (Å²) in [7, 11) is 0. The summed E-state index contributed by atoms with van der Waals surface area (Å²) in [6.07, 6.45) is -6.75. The molecule has 134 valence electrons. The van der Waals surface area contributed by atoms with Crippen LogP contribution in [0.3, 0.4) is 0 Å². The van der Waals surface area contributed by atoms with Gasteiger partial charge in [-0.25, -0.2) is 0 Å². The second kappa shape index (κ2) is 6.37. The molecule has 2 N–H and O–H groups in total. The molecule has 1 unspecified atom stereocenters. The topological polar surface area (TPSA) is 60.8 Å². The molecule has 0 spiro atoms. The minimum Gasteiger partial charge on any atom is -0.388 e. The summed E-state index contributed by atoms with van der Waals surface area (Å²) in [6.45, 7) is 4.79. The maximum atomic E-state index is 13.1. The number of benzene rings is 1. The Hall–Kier alpha value is -1.60. The number of aliphatic hydroxyl groups is 2. The molecule has 1 heterocycles. The SMILES string of the molecule is CC(CC(=O)N1C[C@@H](O)[C@@H](O)C1(C)C)c1ccccc1C(F)(F)F. The van der Waals surface area contributed by atoms with Crippen molar-refractivity contribution in [1.82, 2.24) is 4.90 Å². The highest BCUT2D eigenvalue weighted by Crippen LogP contribution is 2.37. The minimum absolute atomic E-state index is 0.0271. The predicted octanol–water partition coefficient (Wildman–Crippen LogP) is 2.54. The van der Waals surface area contributed by atoms with Gasteiger partial charge in [0.2, 0.25) is 5.91 Å². The first-order valence-corrected chi connectivity index (χ1v) is 7.79. The van der Waals surface area contributed by atoms with E-state index >= 15 is 0 Å². The smallest absolute Gasteiger partial charge is 0.388 e. The van der Waals surface area contributed by atoms with Crippen LogP contribution in [0.1, 0.15) is 44.2 Å². The van der Waals surface area contributed by atoms with Crippen LogP contribution >= 0.6 is 0 Å². The number of alkyl halides is 3. The minimum atomic E-state index is -4.48. The summed E-state index contributed by atoms with van der Waals surface area (Å²) in [5.41, 5.74) is -1.64. The van der Waals surface area contributed by atoms with Gasteiger partial charge in [0.05, 0.1) is 17.2 Å². The molecule has 2 rings (SSSR count). The molecule has 0 bridgehead atoms. The molecule has 0 radical (unpaired) electrons. The van der Waals surface area contributed by atoms with Gasteiger partial charge in [0, 0.05) is 13.0 Å². The average Bonchev–Trinajstić information content (AvgIpc) is 2.69. The van der Waals surface area contributed by atoms with Gasteiger partial charge in [-0.05, 0) is 31.4 Å². The zero-order valence-corrected chi connectivity index (χ0v) is 13.8. The number of aliphatic hydroxyl groups excluding tert-OH is 2. The van der Waals surface area contributed by atoms with Crippen LogP contribution in [0.5, 0.6) is 0 Å². The van der Waals surface area contributed by atoms with Gasteiger partial charge in [0.15, 0.2) is 0 Å². The van der Waals surface area contributed by atoms with E-state index < -0.39 is 35.4 Å². The fourth-order valence-corrected chi connectivity index (χ4v) is 3.24. The van der Waals surface area contributed by atoms with Gasteiger partial charge in [-0.1, -0.05) is 25.1 Å². The monoisotopic (exact) mass is 345 g/mol. The first-order valence-electron chi connectivity index (χ1n) is 7.79. The molecule has 1 aliphatic heterocycles. The van der Waals surface area contributed by atoms with E-state index in [-0.39, 0.29) is 24.4 Å². The zero-order valence-electron chi connectivity index (χ0n) is 13.8. The molecule has 3 atom stereocenters. The normalized spacial score (nSPS) is 24.9. The summed E-state index contributed by atoms with van der Waals surface area (Å²) in [5, 5.41) is 19.7. The molecule has 1 aromatic carbocycles. The van der Waals surface area contributed by atoms with Crippen molar-refractivity contribution >= 4 is 5.91 Å². The molecule has 0 saturated carbocycles. The van der Waals surface area contributed by atoms with Crippen LogP contribution in [0.2, 0.25) is 0 Å². The largest absolute Gasteiger partial charge is 0.416 e. The first-order chi connectivity index (χ1) is 11.0. The van der Waals surface area contributed by atoms with E-state index in [1.807, 2.05) is 0 Å². The molecular weight excluding hydrogens is 323 g/mol. The van der Waals surface area contributed by atoms with Gasteiger partial charge in [0.25, 0.3) is 0 Å². The van der Waals surface area contributed by atoms with Crippen LogP contribution < -0.4 is 0 Å². The third-order valence-electron chi connectivity index (χ3n) is 4.73. The molecule has 1 fully saturated rings. The maximum absolute atomic E-state index is 13.1. The summed E-state index contributed by atoms with van der Waals surface area (Å²) in [5.74, 6) is -1.03. The van der Waals surface area contributed by atoms with Crippen LogP contribution in [0.4, 0.5) is 13.2 Å². The lowest BCUT2D eigenvalue weighted by atomic mass is 9.91. The summed E-state index contributed by atoms with van der Waals surface area (Å²) in [4.78, 5) is 13.9. The van der Waals surface area contributed by atoms with Crippen molar-refractivity contribution in [2.24, 2.45) is 0 Å². The summed E-state index contributed by atoms with van der Waals surface area (Å²) >= 11 is 0. The second-order valence-electron chi connectivity index (χ2n) is 6.86. The standard InChI is InChI=1S/C17H22F3NO3/c1-10(11-6-4-5-7-12(11)17(18,19)20)8-14(23)21-9-13(22)15(24)16(21,2)3/h4-7,10,13,15,22,24H,8-9H2,1-3H3/t10?,13-,15-/m1/s1. The number of β-amino-alcohol motifs (C(OH)–C–C–N with tert-alkyl or cyclic N) is 1. The number of halogens is 3.